The third-order valence-electron chi connectivity index (χ3n) is 7.17. The van der Waals surface area contributed by atoms with Crippen LogP contribution in [0, 0.1) is 5.92 Å². The number of amides is 1. The van der Waals surface area contributed by atoms with E-state index in [9.17, 15) is 14.4 Å². The van der Waals surface area contributed by atoms with Crippen LogP contribution in [0.4, 0.5) is 0 Å². The number of ketones is 1. The highest BCUT2D eigenvalue weighted by Gasteiger charge is 2.55. The van der Waals surface area contributed by atoms with Crippen molar-refractivity contribution in [1.82, 2.24) is 5.32 Å². The van der Waals surface area contributed by atoms with Gasteiger partial charge in [-0.25, -0.2) is 4.79 Å². The molecule has 4 aromatic carbocycles. The molecule has 38 heavy (non-hydrogen) atoms. The fourth-order valence-electron chi connectivity index (χ4n) is 5.25. The van der Waals surface area contributed by atoms with Crippen LogP contribution >= 0.6 is 0 Å². The second kappa shape index (κ2) is 11.3. The first-order valence-corrected chi connectivity index (χ1v) is 12.7. The van der Waals surface area contributed by atoms with Crippen molar-refractivity contribution >= 4 is 17.7 Å². The summed E-state index contributed by atoms with van der Waals surface area (Å²) in [7, 11) is 1.30. The molecule has 1 aliphatic carbocycles. The van der Waals surface area contributed by atoms with Gasteiger partial charge in [-0.2, -0.15) is 0 Å². The van der Waals surface area contributed by atoms with Crippen molar-refractivity contribution in [2.24, 2.45) is 5.92 Å². The third kappa shape index (κ3) is 5.42. The number of Topliss-reactive ketones (excluding diaryl/α,β-unsaturated/α-hetero) is 1. The fraction of sp³-hybridized carbons (Fsp3) is 0.182. The Kier molecular flexibility index (Phi) is 7.45. The molecular weight excluding hydrogens is 474 g/mol. The van der Waals surface area contributed by atoms with Crippen LogP contribution in [0.2, 0.25) is 0 Å². The van der Waals surface area contributed by atoms with Crippen molar-refractivity contribution in [3.8, 4) is 0 Å². The predicted octanol–water partition coefficient (Wildman–Crippen LogP) is 5.58. The lowest BCUT2D eigenvalue weighted by atomic mass is 10.00. The third-order valence-corrected chi connectivity index (χ3v) is 7.17. The number of carbonyl (C=O) groups excluding carboxylic acids is 3. The zero-order chi connectivity index (χ0) is 26.5. The average molecular weight is 504 g/mol. The first-order valence-electron chi connectivity index (χ1n) is 12.7. The Balaban J connectivity index is 1.36. The van der Waals surface area contributed by atoms with E-state index in [0.29, 0.717) is 17.5 Å². The number of hydrogen-bond donors (Lipinski definition) is 1. The molecule has 1 aliphatic rings. The summed E-state index contributed by atoms with van der Waals surface area (Å²) in [6.45, 7) is 0. The molecule has 190 valence electrons. The van der Waals surface area contributed by atoms with Crippen LogP contribution in [0.5, 0.6) is 0 Å². The number of carbonyl (C=O) groups is 3. The average Bonchev–Trinajstić information content (AvgIpc) is 3.73. The minimum atomic E-state index is -0.845. The summed E-state index contributed by atoms with van der Waals surface area (Å²) in [6.07, 6.45) is 0.303. The largest absolute Gasteiger partial charge is 0.467 e. The highest BCUT2D eigenvalue weighted by atomic mass is 16.5. The minimum Gasteiger partial charge on any atom is -0.467 e. The Morgan fingerprint density at radius 2 is 1.24 bits per heavy atom. The Morgan fingerprint density at radius 1 is 0.711 bits per heavy atom. The van der Waals surface area contributed by atoms with Gasteiger partial charge < -0.3 is 10.1 Å². The van der Waals surface area contributed by atoms with Crippen LogP contribution in [-0.4, -0.2) is 30.8 Å². The molecule has 0 unspecified atom stereocenters. The SMILES string of the molecule is COC(=O)[C@H](Cc1ccccc1)NC(=O)c1cccc(C(=O)C2[C@H](c3ccccc3)[C@H]2c2ccccc2)c1. The van der Waals surface area contributed by atoms with Gasteiger partial charge in [-0.15, -0.1) is 0 Å². The number of esters is 1. The zero-order valence-corrected chi connectivity index (χ0v) is 21.1. The molecule has 1 amide bonds. The van der Waals surface area contributed by atoms with Crippen LogP contribution in [0.1, 0.15) is 49.2 Å². The van der Waals surface area contributed by atoms with E-state index in [1.807, 2.05) is 66.7 Å². The zero-order valence-electron chi connectivity index (χ0n) is 21.1. The standard InChI is InChI=1S/C33H29NO4/c1-38-33(37)27(20-22-12-5-2-6-13-22)34-32(36)26-19-11-18-25(21-26)31(35)30-28(23-14-7-3-8-15-23)29(30)24-16-9-4-10-17-24/h2-19,21,27-30H,20H2,1H3,(H,34,36)/t27-,28+,29+/m0/s1. The normalized spacial score (nSPS) is 18.7. The minimum absolute atomic E-state index is 0.0103. The van der Waals surface area contributed by atoms with Crippen molar-refractivity contribution in [3.05, 3.63) is 143 Å². The number of hydrogen-bond acceptors (Lipinski definition) is 4. The molecule has 4 aromatic rings. The van der Waals surface area contributed by atoms with E-state index in [0.717, 1.165) is 16.7 Å². The molecule has 0 aromatic heterocycles. The predicted molar refractivity (Wildman–Crippen MR) is 146 cm³/mol. The summed E-state index contributed by atoms with van der Waals surface area (Å²) in [5, 5.41) is 2.79. The highest BCUT2D eigenvalue weighted by Crippen LogP contribution is 2.61. The first-order chi connectivity index (χ1) is 18.6. The van der Waals surface area contributed by atoms with Crippen molar-refractivity contribution in [1.29, 1.82) is 0 Å². The van der Waals surface area contributed by atoms with Crippen LogP contribution in [-0.2, 0) is 16.0 Å². The second-order valence-electron chi connectivity index (χ2n) is 9.58. The van der Waals surface area contributed by atoms with E-state index in [2.05, 4.69) is 29.6 Å². The molecule has 5 nitrogen and oxygen atoms in total. The summed E-state index contributed by atoms with van der Waals surface area (Å²) in [4.78, 5) is 39.3. The van der Waals surface area contributed by atoms with E-state index in [1.165, 1.54) is 7.11 Å². The van der Waals surface area contributed by atoms with Crippen molar-refractivity contribution in [2.75, 3.05) is 7.11 Å². The molecule has 3 atom stereocenters. The van der Waals surface area contributed by atoms with Gasteiger partial charge in [0.25, 0.3) is 5.91 Å². The molecule has 1 fully saturated rings. The van der Waals surface area contributed by atoms with Gasteiger partial charge in [-0.1, -0.05) is 103 Å². The summed E-state index contributed by atoms with van der Waals surface area (Å²) in [5.74, 6) is -0.990. The van der Waals surface area contributed by atoms with Crippen LogP contribution < -0.4 is 5.32 Å². The monoisotopic (exact) mass is 503 g/mol. The smallest absolute Gasteiger partial charge is 0.328 e. The van der Waals surface area contributed by atoms with Gasteiger partial charge in [0.15, 0.2) is 5.78 Å². The Bertz CT molecular complexity index is 1370. The van der Waals surface area contributed by atoms with Crippen LogP contribution in [0.15, 0.2) is 115 Å². The van der Waals surface area contributed by atoms with E-state index in [4.69, 9.17) is 4.74 Å². The van der Waals surface area contributed by atoms with E-state index >= 15 is 0 Å². The number of nitrogens with one attached hydrogen (secondary N) is 1. The number of ether oxygens (including phenoxy) is 1. The fourth-order valence-corrected chi connectivity index (χ4v) is 5.25. The number of methoxy groups -OCH3 is 1. The summed E-state index contributed by atoms with van der Waals surface area (Å²) in [6, 6.07) is 35.5. The first kappa shape index (κ1) is 25.2. The lowest BCUT2D eigenvalue weighted by Crippen LogP contribution is -2.43. The van der Waals surface area contributed by atoms with Gasteiger partial charge in [-0.05, 0) is 28.8 Å². The molecule has 0 spiro atoms. The van der Waals surface area contributed by atoms with E-state index in [1.54, 1.807) is 24.3 Å². The molecule has 1 N–H and O–H groups in total. The molecule has 0 heterocycles. The Morgan fingerprint density at radius 3 is 1.79 bits per heavy atom. The van der Waals surface area contributed by atoms with Crippen molar-refractivity contribution in [3.63, 3.8) is 0 Å². The summed E-state index contributed by atoms with van der Waals surface area (Å²) < 4.78 is 4.92. The molecule has 0 aliphatic heterocycles. The van der Waals surface area contributed by atoms with E-state index in [-0.39, 0.29) is 23.5 Å². The van der Waals surface area contributed by atoms with Crippen LogP contribution in [0.25, 0.3) is 0 Å². The molecule has 5 rings (SSSR count). The number of rotatable bonds is 9. The lowest BCUT2D eigenvalue weighted by Gasteiger charge is -2.17. The molecule has 0 saturated heterocycles. The highest BCUT2D eigenvalue weighted by molar-refractivity contribution is 6.04. The van der Waals surface area contributed by atoms with E-state index < -0.39 is 17.9 Å². The maximum Gasteiger partial charge on any atom is 0.328 e. The summed E-state index contributed by atoms with van der Waals surface area (Å²) in [5.41, 5.74) is 3.98. The van der Waals surface area contributed by atoms with Gasteiger partial charge in [-0.3, -0.25) is 9.59 Å². The maximum atomic E-state index is 13.8. The Hall–Kier alpha value is -4.51. The quantitative estimate of drug-likeness (QED) is 0.239. The van der Waals surface area contributed by atoms with Gasteiger partial charge in [0, 0.05) is 35.3 Å². The lowest BCUT2D eigenvalue weighted by molar-refractivity contribution is -0.142. The topological polar surface area (TPSA) is 72.5 Å². The molecule has 5 heteroatoms. The number of benzene rings is 4. The van der Waals surface area contributed by atoms with Crippen molar-refractivity contribution in [2.45, 2.75) is 24.3 Å². The maximum absolute atomic E-state index is 13.8. The molecule has 0 radical (unpaired) electrons. The van der Waals surface area contributed by atoms with Gasteiger partial charge in [0.1, 0.15) is 6.04 Å². The van der Waals surface area contributed by atoms with Gasteiger partial charge in [0.2, 0.25) is 0 Å². The summed E-state index contributed by atoms with van der Waals surface area (Å²) >= 11 is 0. The molecular formula is C33H29NO4. The molecule has 1 saturated carbocycles. The van der Waals surface area contributed by atoms with Gasteiger partial charge >= 0.3 is 5.97 Å². The van der Waals surface area contributed by atoms with Crippen LogP contribution in [0.3, 0.4) is 0 Å². The van der Waals surface area contributed by atoms with Gasteiger partial charge in [0.05, 0.1) is 7.11 Å². The van der Waals surface area contributed by atoms with Crippen molar-refractivity contribution < 1.29 is 19.1 Å². The second-order valence-corrected chi connectivity index (χ2v) is 9.58. The molecule has 0 bridgehead atoms. The Labute approximate surface area is 222 Å².